The summed E-state index contributed by atoms with van der Waals surface area (Å²) in [6, 6.07) is 6.52. The maximum Gasteiger partial charge on any atom is 0.0663 e. The first-order valence-corrected chi connectivity index (χ1v) is 7.75. The van der Waals surface area contributed by atoms with Crippen molar-refractivity contribution in [3.8, 4) is 0 Å². The van der Waals surface area contributed by atoms with Crippen molar-refractivity contribution < 1.29 is 9.47 Å². The molecule has 0 fully saturated rings. The van der Waals surface area contributed by atoms with Gasteiger partial charge in [0.05, 0.1) is 23.9 Å². The summed E-state index contributed by atoms with van der Waals surface area (Å²) < 4.78 is 10.3. The summed E-state index contributed by atoms with van der Waals surface area (Å²) in [5.41, 5.74) is 2.24. The average Bonchev–Trinajstić information content (AvgIpc) is 2.47. The van der Waals surface area contributed by atoms with Crippen molar-refractivity contribution in [2.75, 3.05) is 45.4 Å². The summed E-state index contributed by atoms with van der Waals surface area (Å²) in [6.07, 6.45) is 0. The van der Waals surface area contributed by atoms with E-state index in [-0.39, 0.29) is 0 Å². The Hall–Kier alpha value is -0.810. The zero-order valence-corrected chi connectivity index (χ0v) is 14.2. The summed E-state index contributed by atoms with van der Waals surface area (Å²) in [4.78, 5) is 2.26. The van der Waals surface area contributed by atoms with Gasteiger partial charge in [-0.15, -0.1) is 0 Å². The van der Waals surface area contributed by atoms with Gasteiger partial charge in [0.25, 0.3) is 0 Å². The molecule has 0 aliphatic rings. The Morgan fingerprint density at radius 1 is 1.29 bits per heavy atom. The van der Waals surface area contributed by atoms with Crippen molar-refractivity contribution in [3.63, 3.8) is 0 Å². The maximum atomic E-state index is 6.45. The van der Waals surface area contributed by atoms with E-state index in [0.29, 0.717) is 19.3 Å². The number of likely N-dealkylation sites (N-methyl/N-ethyl adjacent to an activating group) is 1. The van der Waals surface area contributed by atoms with E-state index in [0.717, 1.165) is 30.3 Å². The molecule has 120 valence electrons. The van der Waals surface area contributed by atoms with Crippen molar-refractivity contribution in [2.45, 2.75) is 26.4 Å². The van der Waals surface area contributed by atoms with Crippen LogP contribution in [0.5, 0.6) is 0 Å². The number of methoxy groups -OCH3 is 2. The van der Waals surface area contributed by atoms with Gasteiger partial charge in [-0.1, -0.05) is 17.7 Å². The van der Waals surface area contributed by atoms with Crippen LogP contribution in [-0.2, 0) is 16.0 Å². The fourth-order valence-corrected chi connectivity index (χ4v) is 2.66. The van der Waals surface area contributed by atoms with Gasteiger partial charge in [0, 0.05) is 39.9 Å². The molecule has 0 radical (unpaired) electrons. The van der Waals surface area contributed by atoms with Crippen LogP contribution in [0.2, 0.25) is 5.02 Å². The molecule has 1 aromatic rings. The Kier molecular flexibility index (Phi) is 8.69. The highest BCUT2D eigenvalue weighted by Gasteiger charge is 2.15. The Morgan fingerprint density at radius 2 is 2.05 bits per heavy atom. The number of benzene rings is 1. The topological polar surface area (TPSA) is 33.7 Å². The van der Waals surface area contributed by atoms with Crippen LogP contribution in [0.1, 0.15) is 19.4 Å². The van der Waals surface area contributed by atoms with Crippen LogP contribution in [0.3, 0.4) is 0 Å². The molecule has 0 aromatic heterocycles. The molecule has 1 N–H and O–H groups in total. The van der Waals surface area contributed by atoms with Crippen molar-refractivity contribution in [1.82, 2.24) is 5.32 Å². The Bertz CT molecular complexity index is 415. The van der Waals surface area contributed by atoms with Crippen LogP contribution in [-0.4, -0.2) is 46.6 Å². The molecule has 0 spiro atoms. The molecule has 0 aliphatic carbocycles. The molecule has 1 rings (SSSR count). The standard InChI is InChI=1S/C16H27ClN2O2/c1-5-19(13(2)12-21-4)16-7-6-14(10-15(16)17)11-18-8-9-20-3/h6-7,10,13,18H,5,8-9,11-12H2,1-4H3. The Morgan fingerprint density at radius 3 is 2.62 bits per heavy atom. The van der Waals surface area contributed by atoms with Crippen LogP contribution in [0.15, 0.2) is 18.2 Å². The molecule has 0 aliphatic heterocycles. The molecule has 1 atom stereocenters. The predicted octanol–water partition coefficient (Wildman–Crippen LogP) is 2.94. The third-order valence-electron chi connectivity index (χ3n) is 3.41. The van der Waals surface area contributed by atoms with Crippen LogP contribution in [0.25, 0.3) is 0 Å². The molecular formula is C16H27ClN2O2. The lowest BCUT2D eigenvalue weighted by Gasteiger charge is -2.30. The largest absolute Gasteiger partial charge is 0.383 e. The van der Waals surface area contributed by atoms with Gasteiger partial charge in [-0.3, -0.25) is 0 Å². The van der Waals surface area contributed by atoms with E-state index in [1.54, 1.807) is 14.2 Å². The summed E-state index contributed by atoms with van der Waals surface area (Å²) in [5.74, 6) is 0. The quantitative estimate of drug-likeness (QED) is 0.673. The van der Waals surface area contributed by atoms with Gasteiger partial charge >= 0.3 is 0 Å². The van der Waals surface area contributed by atoms with Gasteiger partial charge in [-0.2, -0.15) is 0 Å². The van der Waals surface area contributed by atoms with E-state index in [2.05, 4.69) is 36.2 Å². The van der Waals surface area contributed by atoms with E-state index in [1.807, 2.05) is 6.07 Å². The Labute approximate surface area is 133 Å². The molecule has 1 aromatic carbocycles. The van der Waals surface area contributed by atoms with Gasteiger partial charge in [0.2, 0.25) is 0 Å². The molecule has 0 bridgehead atoms. The number of hydrogen-bond acceptors (Lipinski definition) is 4. The number of ether oxygens (including phenoxy) is 2. The summed E-state index contributed by atoms with van der Waals surface area (Å²) in [5, 5.41) is 4.10. The number of anilines is 1. The number of nitrogens with one attached hydrogen (secondary N) is 1. The van der Waals surface area contributed by atoms with Crippen molar-refractivity contribution in [2.24, 2.45) is 0 Å². The lowest BCUT2D eigenvalue weighted by Crippen LogP contribution is -2.36. The Balaban J connectivity index is 2.71. The number of hydrogen-bond donors (Lipinski definition) is 1. The molecule has 1 unspecified atom stereocenters. The van der Waals surface area contributed by atoms with Crippen molar-refractivity contribution in [1.29, 1.82) is 0 Å². The molecule has 0 saturated carbocycles. The zero-order valence-electron chi connectivity index (χ0n) is 13.5. The van der Waals surface area contributed by atoms with E-state index in [4.69, 9.17) is 21.1 Å². The van der Waals surface area contributed by atoms with Crippen LogP contribution >= 0.6 is 11.6 Å². The highest BCUT2D eigenvalue weighted by Crippen LogP contribution is 2.28. The molecule has 0 amide bonds. The van der Waals surface area contributed by atoms with Gasteiger partial charge in [0.15, 0.2) is 0 Å². The van der Waals surface area contributed by atoms with E-state index < -0.39 is 0 Å². The molecule has 0 heterocycles. The smallest absolute Gasteiger partial charge is 0.0663 e. The molecule has 0 saturated heterocycles. The first kappa shape index (κ1) is 18.2. The molecule has 4 nitrogen and oxygen atoms in total. The predicted molar refractivity (Wildman–Crippen MR) is 89.4 cm³/mol. The minimum atomic E-state index is 0.295. The highest BCUT2D eigenvalue weighted by atomic mass is 35.5. The van der Waals surface area contributed by atoms with Gasteiger partial charge < -0.3 is 19.7 Å². The lowest BCUT2D eigenvalue weighted by molar-refractivity contribution is 0.182. The first-order chi connectivity index (χ1) is 10.1. The average molecular weight is 315 g/mol. The normalized spacial score (nSPS) is 12.4. The molecule has 5 heteroatoms. The van der Waals surface area contributed by atoms with Crippen LogP contribution in [0, 0.1) is 0 Å². The highest BCUT2D eigenvalue weighted by molar-refractivity contribution is 6.33. The third-order valence-corrected chi connectivity index (χ3v) is 3.72. The maximum absolute atomic E-state index is 6.45. The SMILES string of the molecule is CCN(c1ccc(CNCCOC)cc1Cl)C(C)COC. The molecular weight excluding hydrogens is 288 g/mol. The second-order valence-corrected chi connectivity index (χ2v) is 5.45. The fraction of sp³-hybridized carbons (Fsp3) is 0.625. The van der Waals surface area contributed by atoms with Crippen molar-refractivity contribution in [3.05, 3.63) is 28.8 Å². The minimum Gasteiger partial charge on any atom is -0.383 e. The summed E-state index contributed by atoms with van der Waals surface area (Å²) >= 11 is 6.45. The summed E-state index contributed by atoms with van der Waals surface area (Å²) in [6.45, 7) is 8.20. The third kappa shape index (κ3) is 5.83. The minimum absolute atomic E-state index is 0.295. The second-order valence-electron chi connectivity index (χ2n) is 5.05. The van der Waals surface area contributed by atoms with Gasteiger partial charge in [-0.25, -0.2) is 0 Å². The summed E-state index contributed by atoms with van der Waals surface area (Å²) in [7, 11) is 3.43. The van der Waals surface area contributed by atoms with E-state index in [9.17, 15) is 0 Å². The van der Waals surface area contributed by atoms with E-state index in [1.165, 1.54) is 5.56 Å². The van der Waals surface area contributed by atoms with E-state index >= 15 is 0 Å². The van der Waals surface area contributed by atoms with Crippen LogP contribution < -0.4 is 10.2 Å². The lowest BCUT2D eigenvalue weighted by atomic mass is 10.1. The van der Waals surface area contributed by atoms with Crippen molar-refractivity contribution >= 4 is 17.3 Å². The number of nitrogens with zero attached hydrogens (tertiary/aromatic N) is 1. The zero-order chi connectivity index (χ0) is 15.7. The van der Waals surface area contributed by atoms with Gasteiger partial charge in [0.1, 0.15) is 0 Å². The molecule has 21 heavy (non-hydrogen) atoms. The van der Waals surface area contributed by atoms with Gasteiger partial charge in [-0.05, 0) is 31.5 Å². The second kappa shape index (κ2) is 10.0. The van der Waals surface area contributed by atoms with Crippen LogP contribution in [0.4, 0.5) is 5.69 Å². The monoisotopic (exact) mass is 314 g/mol. The number of rotatable bonds is 10. The number of halogens is 1. The first-order valence-electron chi connectivity index (χ1n) is 7.37. The fourth-order valence-electron chi connectivity index (χ4n) is 2.35.